The molecule has 0 amide bonds. The number of carboxylic acids is 1. The molecular formula is C16H19NO2. The van der Waals surface area contributed by atoms with Gasteiger partial charge in [0, 0.05) is 18.8 Å². The highest BCUT2D eigenvalue weighted by Crippen LogP contribution is 2.25. The molecule has 3 nitrogen and oxygen atoms in total. The van der Waals surface area contributed by atoms with Gasteiger partial charge >= 0.3 is 5.97 Å². The second-order valence-electron chi connectivity index (χ2n) is 4.83. The van der Waals surface area contributed by atoms with E-state index in [9.17, 15) is 4.79 Å². The molecule has 1 aromatic rings. The van der Waals surface area contributed by atoms with Crippen molar-refractivity contribution >= 4 is 11.7 Å². The number of benzene rings is 1. The summed E-state index contributed by atoms with van der Waals surface area (Å²) in [5.41, 5.74) is 2.21. The van der Waals surface area contributed by atoms with Crippen molar-refractivity contribution in [2.45, 2.75) is 32.1 Å². The van der Waals surface area contributed by atoms with Crippen LogP contribution in [0.5, 0.6) is 0 Å². The van der Waals surface area contributed by atoms with Gasteiger partial charge in [0.15, 0.2) is 0 Å². The van der Waals surface area contributed by atoms with Crippen molar-refractivity contribution < 1.29 is 9.90 Å². The Morgan fingerprint density at radius 2 is 1.95 bits per heavy atom. The molecule has 1 atom stereocenters. The smallest absolute Gasteiger partial charge is 0.304 e. The summed E-state index contributed by atoms with van der Waals surface area (Å²) < 4.78 is 0. The van der Waals surface area contributed by atoms with Crippen LogP contribution >= 0.6 is 0 Å². The quantitative estimate of drug-likeness (QED) is 0.843. The van der Waals surface area contributed by atoms with E-state index in [0.29, 0.717) is 0 Å². The zero-order valence-electron chi connectivity index (χ0n) is 11.2. The van der Waals surface area contributed by atoms with Crippen molar-refractivity contribution in [3.8, 4) is 11.8 Å². The molecule has 1 heterocycles. The third-order valence-electron chi connectivity index (χ3n) is 3.46. The molecule has 0 aliphatic carbocycles. The first-order chi connectivity index (χ1) is 9.20. The predicted octanol–water partition coefficient (Wildman–Crippen LogP) is 2.87. The summed E-state index contributed by atoms with van der Waals surface area (Å²) in [5, 5.41) is 8.92. The lowest BCUT2D eigenvalue weighted by Crippen LogP contribution is -2.17. The molecule has 3 heteroatoms. The topological polar surface area (TPSA) is 40.5 Å². The van der Waals surface area contributed by atoms with Gasteiger partial charge in [-0.05, 0) is 37.5 Å². The maximum atomic E-state index is 10.9. The minimum atomic E-state index is -0.809. The first-order valence-corrected chi connectivity index (χ1v) is 6.69. The third-order valence-corrected chi connectivity index (χ3v) is 3.46. The summed E-state index contributed by atoms with van der Waals surface area (Å²) in [6, 6.07) is 8.16. The van der Waals surface area contributed by atoms with Crippen LogP contribution in [0.25, 0.3) is 0 Å². The van der Waals surface area contributed by atoms with Crippen molar-refractivity contribution in [1.29, 1.82) is 0 Å². The molecule has 1 unspecified atom stereocenters. The van der Waals surface area contributed by atoms with Gasteiger partial charge in [-0.3, -0.25) is 4.79 Å². The Labute approximate surface area is 114 Å². The van der Waals surface area contributed by atoms with Crippen LogP contribution in [-0.4, -0.2) is 24.2 Å². The van der Waals surface area contributed by atoms with Gasteiger partial charge in [-0.15, -0.1) is 5.92 Å². The maximum Gasteiger partial charge on any atom is 0.304 e. The van der Waals surface area contributed by atoms with Crippen LogP contribution in [0.15, 0.2) is 24.3 Å². The van der Waals surface area contributed by atoms with Crippen LogP contribution < -0.4 is 4.90 Å². The van der Waals surface area contributed by atoms with Gasteiger partial charge in [0.25, 0.3) is 0 Å². The van der Waals surface area contributed by atoms with Crippen molar-refractivity contribution in [2.75, 3.05) is 18.0 Å². The molecule has 1 aliphatic rings. The van der Waals surface area contributed by atoms with Gasteiger partial charge in [-0.2, -0.15) is 0 Å². The first kappa shape index (κ1) is 13.5. The standard InChI is InChI=1S/C16H19NO2/c1-2-5-14(12-16(18)19)13-6-8-15(9-7-13)17-10-3-4-11-17/h6-9,14H,3-4,10-12H2,1H3,(H,18,19). The molecule has 0 bridgehead atoms. The lowest BCUT2D eigenvalue weighted by atomic mass is 9.96. The Hall–Kier alpha value is -1.95. The Bertz CT molecular complexity index is 490. The van der Waals surface area contributed by atoms with E-state index in [2.05, 4.69) is 28.9 Å². The fraction of sp³-hybridized carbons (Fsp3) is 0.438. The Morgan fingerprint density at radius 1 is 1.32 bits per heavy atom. The molecule has 19 heavy (non-hydrogen) atoms. The fourth-order valence-corrected chi connectivity index (χ4v) is 2.49. The maximum absolute atomic E-state index is 10.9. The van der Waals surface area contributed by atoms with Crippen molar-refractivity contribution in [2.24, 2.45) is 0 Å². The normalized spacial score (nSPS) is 15.7. The average molecular weight is 257 g/mol. The number of rotatable bonds is 4. The van der Waals surface area contributed by atoms with Gasteiger partial charge in [0.2, 0.25) is 0 Å². The van der Waals surface area contributed by atoms with Gasteiger partial charge in [0.05, 0.1) is 12.3 Å². The molecular weight excluding hydrogens is 238 g/mol. The number of aliphatic carboxylic acids is 1. The van der Waals surface area contributed by atoms with Crippen LogP contribution in [0.1, 0.15) is 37.7 Å². The number of nitrogens with zero attached hydrogens (tertiary/aromatic N) is 1. The largest absolute Gasteiger partial charge is 0.481 e. The highest BCUT2D eigenvalue weighted by molar-refractivity contribution is 5.69. The van der Waals surface area contributed by atoms with E-state index >= 15 is 0 Å². The van der Waals surface area contributed by atoms with Crippen molar-refractivity contribution in [1.82, 2.24) is 0 Å². The van der Waals surface area contributed by atoms with E-state index < -0.39 is 5.97 Å². The zero-order chi connectivity index (χ0) is 13.7. The second kappa shape index (κ2) is 6.29. The van der Waals surface area contributed by atoms with Crippen LogP contribution in [0.2, 0.25) is 0 Å². The molecule has 0 spiro atoms. The van der Waals surface area contributed by atoms with E-state index in [-0.39, 0.29) is 12.3 Å². The summed E-state index contributed by atoms with van der Waals surface area (Å²) in [7, 11) is 0. The Morgan fingerprint density at radius 3 is 2.47 bits per heavy atom. The number of carbonyl (C=O) groups is 1. The van der Waals surface area contributed by atoms with Gasteiger partial charge in [-0.25, -0.2) is 0 Å². The zero-order valence-corrected chi connectivity index (χ0v) is 11.2. The van der Waals surface area contributed by atoms with E-state index in [1.54, 1.807) is 6.92 Å². The lowest BCUT2D eigenvalue weighted by Gasteiger charge is -2.18. The first-order valence-electron chi connectivity index (χ1n) is 6.69. The molecule has 0 aromatic heterocycles. The molecule has 1 aliphatic heterocycles. The summed E-state index contributed by atoms with van der Waals surface area (Å²) in [6.45, 7) is 3.98. The summed E-state index contributed by atoms with van der Waals surface area (Å²) in [4.78, 5) is 13.2. The molecule has 2 rings (SSSR count). The minimum absolute atomic E-state index is 0.0594. The molecule has 1 N–H and O–H groups in total. The fourth-order valence-electron chi connectivity index (χ4n) is 2.49. The average Bonchev–Trinajstić information content (AvgIpc) is 2.92. The highest BCUT2D eigenvalue weighted by atomic mass is 16.4. The Kier molecular flexibility index (Phi) is 4.46. The molecule has 1 aromatic carbocycles. The van der Waals surface area contributed by atoms with Crippen LogP contribution in [0.3, 0.4) is 0 Å². The van der Waals surface area contributed by atoms with Crippen LogP contribution in [0.4, 0.5) is 5.69 Å². The number of carboxylic acid groups (broad SMARTS) is 1. The summed E-state index contributed by atoms with van der Waals surface area (Å²) in [6.07, 6.45) is 2.57. The number of hydrogen-bond donors (Lipinski definition) is 1. The summed E-state index contributed by atoms with van der Waals surface area (Å²) in [5.74, 6) is 4.77. The van der Waals surface area contributed by atoms with E-state index in [1.807, 2.05) is 12.1 Å². The van der Waals surface area contributed by atoms with E-state index in [1.165, 1.54) is 18.5 Å². The van der Waals surface area contributed by atoms with Crippen LogP contribution in [0, 0.1) is 11.8 Å². The van der Waals surface area contributed by atoms with Gasteiger partial charge in [-0.1, -0.05) is 18.1 Å². The lowest BCUT2D eigenvalue weighted by molar-refractivity contribution is -0.137. The van der Waals surface area contributed by atoms with E-state index in [0.717, 1.165) is 18.7 Å². The van der Waals surface area contributed by atoms with Crippen molar-refractivity contribution in [3.63, 3.8) is 0 Å². The minimum Gasteiger partial charge on any atom is -0.481 e. The highest BCUT2D eigenvalue weighted by Gasteiger charge is 2.15. The van der Waals surface area contributed by atoms with Gasteiger partial charge in [0.1, 0.15) is 0 Å². The number of anilines is 1. The second-order valence-corrected chi connectivity index (χ2v) is 4.83. The molecule has 0 saturated carbocycles. The molecule has 1 saturated heterocycles. The van der Waals surface area contributed by atoms with Crippen molar-refractivity contribution in [3.05, 3.63) is 29.8 Å². The predicted molar refractivity (Wildman–Crippen MR) is 76.3 cm³/mol. The Balaban J connectivity index is 2.14. The monoisotopic (exact) mass is 257 g/mol. The number of hydrogen-bond acceptors (Lipinski definition) is 2. The SMILES string of the molecule is CC#CC(CC(=O)O)c1ccc(N2CCCC2)cc1. The molecule has 100 valence electrons. The molecule has 1 fully saturated rings. The third kappa shape index (κ3) is 3.51. The van der Waals surface area contributed by atoms with E-state index in [4.69, 9.17) is 5.11 Å². The van der Waals surface area contributed by atoms with Gasteiger partial charge < -0.3 is 10.0 Å². The van der Waals surface area contributed by atoms with Crippen LogP contribution in [-0.2, 0) is 4.79 Å². The molecule has 0 radical (unpaired) electrons. The summed E-state index contributed by atoms with van der Waals surface area (Å²) >= 11 is 0.